The molecule has 0 aromatic heterocycles. The van der Waals surface area contributed by atoms with E-state index in [4.69, 9.17) is 4.74 Å². The fourth-order valence-electron chi connectivity index (χ4n) is 7.61. The SMILES string of the molecule is O=C1N[C@]2(C(=O)NS(=O)(=O)C3CC3)C[C@H]2/C=C\CCCCC[C@H](Nc2cc(F)cc(C(F)(F)F)c2)C(=O)N2C[C@H](OC(=O)N3Cc4cccc(F)c4C3)C[C@@H]12. The first-order chi connectivity index (χ1) is 26.0. The smallest absolute Gasteiger partial charge is 0.416 e. The molecule has 5 aliphatic rings. The van der Waals surface area contributed by atoms with E-state index >= 15 is 0 Å². The molecule has 5 atom stereocenters. The minimum atomic E-state index is -4.88. The summed E-state index contributed by atoms with van der Waals surface area (Å²) in [5.41, 5.74) is -2.33. The van der Waals surface area contributed by atoms with Crippen molar-refractivity contribution in [1.29, 1.82) is 0 Å². The molecule has 0 unspecified atom stereocenters. The van der Waals surface area contributed by atoms with Gasteiger partial charge in [0.25, 0.3) is 5.91 Å². The topological polar surface area (TPSA) is 154 Å². The fraction of sp³-hybridized carbons (Fsp3) is 0.514. The molecule has 2 saturated carbocycles. The Bertz CT molecular complexity index is 2030. The first-order valence-corrected chi connectivity index (χ1v) is 19.8. The van der Waals surface area contributed by atoms with Crippen molar-refractivity contribution in [2.45, 2.75) is 106 Å². The van der Waals surface area contributed by atoms with E-state index in [1.165, 1.54) is 17.0 Å². The van der Waals surface area contributed by atoms with Gasteiger partial charge in [0.15, 0.2) is 0 Å². The van der Waals surface area contributed by atoms with Crippen LogP contribution >= 0.6 is 0 Å². The van der Waals surface area contributed by atoms with Gasteiger partial charge in [-0.2, -0.15) is 13.2 Å². The second-order valence-corrected chi connectivity index (χ2v) is 16.9. The Morgan fingerprint density at radius 1 is 1.00 bits per heavy atom. The van der Waals surface area contributed by atoms with Gasteiger partial charge in [0, 0.05) is 30.1 Å². The molecule has 3 heterocycles. The number of carbonyl (C=O) groups is 4. The van der Waals surface area contributed by atoms with Crippen LogP contribution in [0.2, 0.25) is 0 Å². The predicted octanol–water partition coefficient (Wildman–Crippen LogP) is 4.89. The van der Waals surface area contributed by atoms with Crippen LogP contribution in [0.1, 0.15) is 74.5 Å². The number of alkyl halides is 3. The minimum absolute atomic E-state index is 0.0566. The van der Waals surface area contributed by atoms with Gasteiger partial charge in [-0.15, -0.1) is 0 Å². The average Bonchev–Trinajstić information content (AvgIpc) is 4.00. The summed E-state index contributed by atoms with van der Waals surface area (Å²) in [4.78, 5) is 58.0. The molecule has 3 aliphatic heterocycles. The van der Waals surface area contributed by atoms with E-state index in [2.05, 4.69) is 15.4 Å². The van der Waals surface area contributed by atoms with Gasteiger partial charge in [0.05, 0.1) is 23.9 Å². The highest BCUT2D eigenvalue weighted by molar-refractivity contribution is 7.91. The Hall–Kier alpha value is -4.74. The molecule has 0 spiro atoms. The van der Waals surface area contributed by atoms with Crippen molar-refractivity contribution in [3.05, 3.63) is 76.9 Å². The summed E-state index contributed by atoms with van der Waals surface area (Å²) in [5.74, 6) is -4.74. The molecule has 3 N–H and O–H groups in total. The van der Waals surface area contributed by atoms with Gasteiger partial charge in [-0.3, -0.25) is 24.0 Å². The number of hydrogen-bond donors (Lipinski definition) is 3. The third kappa shape index (κ3) is 8.28. The molecule has 0 radical (unpaired) electrons. The van der Waals surface area contributed by atoms with E-state index in [0.717, 1.165) is 11.0 Å². The summed E-state index contributed by atoms with van der Waals surface area (Å²) >= 11 is 0. The number of amides is 4. The summed E-state index contributed by atoms with van der Waals surface area (Å²) in [6, 6.07) is 3.67. The van der Waals surface area contributed by atoms with Crippen LogP contribution in [0, 0.1) is 17.6 Å². The lowest BCUT2D eigenvalue weighted by atomic mass is 10.0. The zero-order valence-electron chi connectivity index (χ0n) is 29.5. The molecule has 0 bridgehead atoms. The minimum Gasteiger partial charge on any atom is -0.444 e. The molecular weight excluding hydrogens is 753 g/mol. The highest BCUT2D eigenvalue weighted by Crippen LogP contribution is 2.46. The summed E-state index contributed by atoms with van der Waals surface area (Å²) in [5, 5.41) is 4.73. The average molecular weight is 794 g/mol. The number of rotatable bonds is 6. The Kier molecular flexibility index (Phi) is 10.3. The van der Waals surface area contributed by atoms with Crippen molar-refractivity contribution in [2.24, 2.45) is 5.92 Å². The monoisotopic (exact) mass is 793 g/mol. The normalized spacial score (nSPS) is 27.8. The first kappa shape index (κ1) is 38.5. The van der Waals surface area contributed by atoms with Crippen LogP contribution in [-0.2, 0) is 48.4 Å². The molecule has 296 valence electrons. The maximum absolute atomic E-state index is 14.4. The predicted molar refractivity (Wildman–Crippen MR) is 186 cm³/mol. The third-order valence-corrected chi connectivity index (χ3v) is 12.7. The molecule has 4 amide bonds. The van der Waals surface area contributed by atoms with Crippen LogP contribution in [0.5, 0.6) is 0 Å². The number of carbonyl (C=O) groups excluding carboxylic acids is 4. The quantitative estimate of drug-likeness (QED) is 0.276. The fourth-order valence-corrected chi connectivity index (χ4v) is 8.98. The van der Waals surface area contributed by atoms with Gasteiger partial charge >= 0.3 is 12.3 Å². The maximum atomic E-state index is 14.4. The van der Waals surface area contributed by atoms with Crippen molar-refractivity contribution < 1.29 is 54.3 Å². The lowest BCUT2D eigenvalue weighted by Crippen LogP contribution is -2.57. The van der Waals surface area contributed by atoms with E-state index in [9.17, 15) is 49.5 Å². The molecule has 1 saturated heterocycles. The number of allylic oxidation sites excluding steroid dienone is 1. The number of nitrogens with one attached hydrogen (secondary N) is 3. The Morgan fingerprint density at radius 2 is 1.78 bits per heavy atom. The summed E-state index contributed by atoms with van der Waals surface area (Å²) in [6.07, 6.45) is -0.316. The van der Waals surface area contributed by atoms with Gasteiger partial charge in [0.2, 0.25) is 21.8 Å². The van der Waals surface area contributed by atoms with Crippen molar-refractivity contribution in [2.75, 3.05) is 11.9 Å². The number of anilines is 1. The highest BCUT2D eigenvalue weighted by atomic mass is 32.2. The lowest BCUT2D eigenvalue weighted by Gasteiger charge is -2.30. The van der Waals surface area contributed by atoms with Crippen molar-refractivity contribution in [3.63, 3.8) is 0 Å². The van der Waals surface area contributed by atoms with E-state index < -0.39 is 92.1 Å². The number of benzene rings is 2. The van der Waals surface area contributed by atoms with Crippen LogP contribution in [0.3, 0.4) is 0 Å². The van der Waals surface area contributed by atoms with Crippen molar-refractivity contribution in [1.82, 2.24) is 19.8 Å². The number of halogens is 5. The maximum Gasteiger partial charge on any atom is 0.416 e. The zero-order valence-corrected chi connectivity index (χ0v) is 30.4. The van der Waals surface area contributed by atoms with Crippen LogP contribution < -0.4 is 15.4 Å². The second-order valence-electron chi connectivity index (χ2n) is 14.9. The molecular formula is C37H40F5N5O7S. The van der Waals surface area contributed by atoms with E-state index in [0.29, 0.717) is 61.8 Å². The summed E-state index contributed by atoms with van der Waals surface area (Å²) < 4.78 is 103. The van der Waals surface area contributed by atoms with Gasteiger partial charge in [-0.05, 0) is 68.4 Å². The largest absolute Gasteiger partial charge is 0.444 e. The Labute approximate surface area is 313 Å². The number of sulfonamides is 1. The molecule has 2 aromatic rings. The van der Waals surface area contributed by atoms with Gasteiger partial charge in [0.1, 0.15) is 35.4 Å². The van der Waals surface area contributed by atoms with Crippen LogP contribution in [0.4, 0.5) is 32.4 Å². The number of ether oxygens (including phenoxy) is 1. The zero-order chi connectivity index (χ0) is 39.3. The molecule has 18 heteroatoms. The number of nitrogens with zero attached hydrogens (tertiary/aromatic N) is 2. The lowest BCUT2D eigenvalue weighted by molar-refractivity contribution is -0.140. The van der Waals surface area contributed by atoms with Crippen molar-refractivity contribution >= 4 is 39.5 Å². The standard InChI is InChI=1S/C37H40F5N5O7S/c38-24-13-23(37(40,41)42)14-25(15-24)43-30-10-5-3-1-2-4-8-22-17-36(22,34(50)45-55(52,53)27-11-12-27)44-32(48)31-16-26(19-47(31)33(30)49)54-35(51)46-18-21-7-6-9-29(39)28(21)20-46/h4,6-9,13-15,22,26-27,30-31,43H,1-3,5,10-12,16-20H2,(H,44,48)(H,45,50)/b8-4-/t22-,26-,30+,31+,36-/m1/s1. The first-order valence-electron chi connectivity index (χ1n) is 18.3. The van der Waals surface area contributed by atoms with E-state index in [1.54, 1.807) is 12.1 Å². The molecule has 2 aliphatic carbocycles. The van der Waals surface area contributed by atoms with Crippen LogP contribution in [-0.4, -0.2) is 77.6 Å². The van der Waals surface area contributed by atoms with Crippen molar-refractivity contribution in [3.8, 4) is 0 Å². The molecule has 7 rings (SSSR count). The summed E-state index contributed by atoms with van der Waals surface area (Å²) in [7, 11) is -3.99. The number of hydrogen-bond acceptors (Lipinski definition) is 8. The second kappa shape index (κ2) is 14.7. The number of fused-ring (bicyclic) bond motifs is 3. The molecule has 2 aromatic carbocycles. The Morgan fingerprint density at radius 3 is 2.51 bits per heavy atom. The van der Waals surface area contributed by atoms with E-state index in [-0.39, 0.29) is 44.6 Å². The van der Waals surface area contributed by atoms with Crippen LogP contribution in [0.25, 0.3) is 0 Å². The van der Waals surface area contributed by atoms with Gasteiger partial charge in [-0.1, -0.05) is 37.1 Å². The van der Waals surface area contributed by atoms with E-state index in [1.807, 2.05) is 6.08 Å². The third-order valence-electron chi connectivity index (χ3n) is 10.9. The molecule has 3 fully saturated rings. The van der Waals surface area contributed by atoms with Crippen LogP contribution in [0.15, 0.2) is 48.6 Å². The molecule has 12 nitrogen and oxygen atoms in total. The highest BCUT2D eigenvalue weighted by Gasteiger charge is 2.62. The Balaban J connectivity index is 1.17. The molecule has 55 heavy (non-hydrogen) atoms. The van der Waals surface area contributed by atoms with Gasteiger partial charge < -0.3 is 20.3 Å². The summed E-state index contributed by atoms with van der Waals surface area (Å²) in [6.45, 7) is -0.345. The van der Waals surface area contributed by atoms with Gasteiger partial charge in [-0.25, -0.2) is 22.0 Å².